The van der Waals surface area contributed by atoms with Gasteiger partial charge in [0.25, 0.3) is 0 Å². The minimum absolute atomic E-state index is 0.0361. The lowest BCUT2D eigenvalue weighted by Gasteiger charge is -2.15. The second kappa shape index (κ2) is 5.36. The Kier molecular flexibility index (Phi) is 3.94. The summed E-state index contributed by atoms with van der Waals surface area (Å²) in [4.78, 5) is 0. The third-order valence-electron chi connectivity index (χ3n) is 2.72. The molecule has 2 nitrogen and oxygen atoms in total. The number of ether oxygens (including phenoxy) is 1. The number of hydrogen-bond donors (Lipinski definition) is 1. The summed E-state index contributed by atoms with van der Waals surface area (Å²) in [6, 6.07) is 7.92. The van der Waals surface area contributed by atoms with Crippen LogP contribution in [0.4, 0.5) is 13.2 Å². The number of phenols is 1. The van der Waals surface area contributed by atoms with E-state index < -0.39 is 11.7 Å². The fourth-order valence-corrected chi connectivity index (χ4v) is 1.99. The highest BCUT2D eigenvalue weighted by atomic mass is 79.9. The van der Waals surface area contributed by atoms with Crippen LogP contribution in [0.1, 0.15) is 11.1 Å². The van der Waals surface area contributed by atoms with Crippen LogP contribution in [-0.4, -0.2) is 5.11 Å². The molecule has 0 aliphatic carbocycles. The van der Waals surface area contributed by atoms with Crippen LogP contribution >= 0.6 is 15.9 Å². The van der Waals surface area contributed by atoms with Gasteiger partial charge in [0.2, 0.25) is 0 Å². The molecule has 0 radical (unpaired) electrons. The number of benzene rings is 2. The van der Waals surface area contributed by atoms with E-state index in [9.17, 15) is 18.3 Å². The van der Waals surface area contributed by atoms with Gasteiger partial charge in [-0.25, -0.2) is 0 Å². The maximum absolute atomic E-state index is 12.9. The quantitative estimate of drug-likeness (QED) is 0.802. The van der Waals surface area contributed by atoms with Gasteiger partial charge in [-0.2, -0.15) is 13.2 Å². The Bertz CT molecular complexity index is 639. The van der Waals surface area contributed by atoms with Gasteiger partial charge in [-0.15, -0.1) is 0 Å². The molecular weight excluding hydrogens is 337 g/mol. The molecule has 0 fully saturated rings. The van der Waals surface area contributed by atoms with Crippen molar-refractivity contribution in [3.63, 3.8) is 0 Å². The summed E-state index contributed by atoms with van der Waals surface area (Å²) in [6.45, 7) is 1.57. The smallest absolute Gasteiger partial charge is 0.419 e. The van der Waals surface area contributed by atoms with Gasteiger partial charge in [-0.3, -0.25) is 0 Å². The molecule has 0 unspecified atom stereocenters. The zero-order valence-corrected chi connectivity index (χ0v) is 11.9. The summed E-state index contributed by atoms with van der Waals surface area (Å²) in [6.07, 6.45) is -4.51. The zero-order valence-electron chi connectivity index (χ0n) is 10.3. The average molecular weight is 347 g/mol. The first-order valence-corrected chi connectivity index (χ1v) is 6.41. The van der Waals surface area contributed by atoms with Crippen molar-refractivity contribution in [2.45, 2.75) is 13.1 Å². The van der Waals surface area contributed by atoms with Gasteiger partial charge in [0.05, 0.1) is 5.56 Å². The number of halogens is 4. The molecule has 106 valence electrons. The molecule has 0 atom stereocenters. The van der Waals surface area contributed by atoms with Crippen molar-refractivity contribution >= 4 is 15.9 Å². The number of phenolic OH excluding ortho intramolecular Hbond substituents is 1. The lowest BCUT2D eigenvalue weighted by atomic mass is 10.1. The second-order valence-corrected chi connectivity index (χ2v) is 5.06. The average Bonchev–Trinajstić information content (AvgIpc) is 2.33. The summed E-state index contributed by atoms with van der Waals surface area (Å²) < 4.78 is 44.5. The summed E-state index contributed by atoms with van der Waals surface area (Å²) in [5, 5.41) is 9.55. The van der Waals surface area contributed by atoms with Crippen LogP contribution in [0.15, 0.2) is 40.9 Å². The van der Waals surface area contributed by atoms with Crippen LogP contribution < -0.4 is 4.74 Å². The first kappa shape index (κ1) is 14.7. The third-order valence-corrected chi connectivity index (χ3v) is 3.22. The van der Waals surface area contributed by atoms with Crippen molar-refractivity contribution in [1.82, 2.24) is 0 Å². The molecule has 6 heteroatoms. The highest BCUT2D eigenvalue weighted by molar-refractivity contribution is 9.10. The Hall–Kier alpha value is -1.69. The Balaban J connectivity index is 2.48. The minimum Gasteiger partial charge on any atom is -0.508 e. The summed E-state index contributed by atoms with van der Waals surface area (Å²) in [5.74, 6) is -0.180. The van der Waals surface area contributed by atoms with Gasteiger partial charge in [-0.05, 0) is 37.3 Å². The fraction of sp³-hybridized carbons (Fsp3) is 0.143. The summed E-state index contributed by atoms with van der Waals surface area (Å²) >= 11 is 3.11. The Morgan fingerprint density at radius 3 is 2.45 bits per heavy atom. The van der Waals surface area contributed by atoms with E-state index in [0.717, 1.165) is 6.07 Å². The van der Waals surface area contributed by atoms with Crippen molar-refractivity contribution in [2.75, 3.05) is 0 Å². The van der Waals surface area contributed by atoms with E-state index in [1.54, 1.807) is 6.92 Å². The lowest BCUT2D eigenvalue weighted by Crippen LogP contribution is -2.07. The van der Waals surface area contributed by atoms with Gasteiger partial charge in [0.1, 0.15) is 17.2 Å². The van der Waals surface area contributed by atoms with Crippen LogP contribution in [-0.2, 0) is 6.18 Å². The molecule has 0 spiro atoms. The van der Waals surface area contributed by atoms with E-state index in [1.165, 1.54) is 30.3 Å². The molecule has 0 saturated heterocycles. The molecule has 0 saturated carbocycles. The van der Waals surface area contributed by atoms with Crippen LogP contribution in [0, 0.1) is 6.92 Å². The maximum Gasteiger partial charge on any atom is 0.419 e. The predicted molar refractivity (Wildman–Crippen MR) is 72.1 cm³/mol. The highest BCUT2D eigenvalue weighted by Crippen LogP contribution is 2.40. The molecule has 2 aromatic carbocycles. The first-order chi connectivity index (χ1) is 9.29. The number of alkyl halides is 3. The molecule has 20 heavy (non-hydrogen) atoms. The molecule has 2 rings (SSSR count). The van der Waals surface area contributed by atoms with E-state index in [2.05, 4.69) is 15.9 Å². The Morgan fingerprint density at radius 1 is 1.10 bits per heavy atom. The van der Waals surface area contributed by atoms with Gasteiger partial charge in [-0.1, -0.05) is 22.0 Å². The number of aromatic hydroxyl groups is 1. The Morgan fingerprint density at radius 2 is 1.80 bits per heavy atom. The van der Waals surface area contributed by atoms with Gasteiger partial charge in [0, 0.05) is 10.0 Å². The molecule has 2 aromatic rings. The van der Waals surface area contributed by atoms with Gasteiger partial charge in [0.15, 0.2) is 0 Å². The summed E-state index contributed by atoms with van der Waals surface area (Å²) in [7, 11) is 0. The van der Waals surface area contributed by atoms with Crippen molar-refractivity contribution in [2.24, 2.45) is 0 Å². The topological polar surface area (TPSA) is 29.5 Å². The number of rotatable bonds is 2. The molecule has 1 N–H and O–H groups in total. The molecule has 0 aliphatic heterocycles. The van der Waals surface area contributed by atoms with Crippen LogP contribution in [0.3, 0.4) is 0 Å². The SMILES string of the molecule is Cc1c(O)cccc1Oc1cc(Br)ccc1C(F)(F)F. The largest absolute Gasteiger partial charge is 0.508 e. The highest BCUT2D eigenvalue weighted by Gasteiger charge is 2.34. The third kappa shape index (κ3) is 3.07. The molecule has 0 aromatic heterocycles. The molecule has 0 heterocycles. The molecule has 0 bridgehead atoms. The van der Waals surface area contributed by atoms with E-state index in [0.29, 0.717) is 10.0 Å². The van der Waals surface area contributed by atoms with Crippen molar-refractivity contribution in [3.05, 3.63) is 52.0 Å². The first-order valence-electron chi connectivity index (χ1n) is 5.62. The minimum atomic E-state index is -4.51. The maximum atomic E-state index is 12.9. The van der Waals surface area contributed by atoms with E-state index in [-0.39, 0.29) is 17.2 Å². The number of hydrogen-bond acceptors (Lipinski definition) is 2. The molecule has 0 amide bonds. The fourth-order valence-electron chi connectivity index (χ4n) is 1.65. The molecular formula is C14H10BrF3O2. The van der Waals surface area contributed by atoms with Crippen molar-refractivity contribution in [3.8, 4) is 17.2 Å². The lowest BCUT2D eigenvalue weighted by molar-refractivity contribution is -0.138. The monoisotopic (exact) mass is 346 g/mol. The Labute approximate surface area is 121 Å². The predicted octanol–water partition coefficient (Wildman–Crippen LogP) is 5.27. The van der Waals surface area contributed by atoms with Crippen LogP contribution in [0.25, 0.3) is 0 Å². The van der Waals surface area contributed by atoms with E-state index >= 15 is 0 Å². The normalized spacial score (nSPS) is 11.4. The van der Waals surface area contributed by atoms with Crippen molar-refractivity contribution in [1.29, 1.82) is 0 Å². The standard InChI is InChI=1S/C14H10BrF3O2/c1-8-11(19)3-2-4-12(8)20-13-7-9(15)5-6-10(13)14(16,17)18/h2-7,19H,1H3. The van der Waals surface area contributed by atoms with Crippen molar-refractivity contribution < 1.29 is 23.0 Å². The van der Waals surface area contributed by atoms with E-state index in [4.69, 9.17) is 4.74 Å². The van der Waals surface area contributed by atoms with E-state index in [1.807, 2.05) is 0 Å². The summed E-state index contributed by atoms with van der Waals surface area (Å²) in [5.41, 5.74) is -0.496. The van der Waals surface area contributed by atoms with Gasteiger partial charge >= 0.3 is 6.18 Å². The van der Waals surface area contributed by atoms with Crippen LogP contribution in [0.5, 0.6) is 17.2 Å². The molecule has 0 aliphatic rings. The van der Waals surface area contributed by atoms with Crippen LogP contribution in [0.2, 0.25) is 0 Å². The van der Waals surface area contributed by atoms with Gasteiger partial charge < -0.3 is 9.84 Å². The zero-order chi connectivity index (χ0) is 14.9. The second-order valence-electron chi connectivity index (χ2n) is 4.14.